The number of rotatable bonds is 20. The minimum absolute atomic E-state index is 0.201. The third-order valence-electron chi connectivity index (χ3n) is 10.0. The summed E-state index contributed by atoms with van der Waals surface area (Å²) in [4.78, 5) is 0. The summed E-state index contributed by atoms with van der Waals surface area (Å²) < 4.78 is 0. The van der Waals surface area contributed by atoms with E-state index in [-0.39, 0.29) is 5.41 Å². The van der Waals surface area contributed by atoms with Crippen LogP contribution in [0.4, 0.5) is 0 Å². The SMILES string of the molecule is CCCCCCCCCCCCCCCCCCC1(C)C(C)=C(C)C(C)=C1[SiH](c1ccccc1)c1ccccc1. The lowest BCUT2D eigenvalue weighted by atomic mass is 9.79. The number of allylic oxidation sites excluding steroid dienone is 4. The van der Waals surface area contributed by atoms with Crippen molar-refractivity contribution in [2.24, 2.45) is 5.41 Å². The van der Waals surface area contributed by atoms with Crippen molar-refractivity contribution in [1.82, 2.24) is 0 Å². The van der Waals surface area contributed by atoms with Gasteiger partial charge in [-0.1, -0.05) is 204 Å². The van der Waals surface area contributed by atoms with Gasteiger partial charge in [-0.15, -0.1) is 0 Å². The van der Waals surface area contributed by atoms with Crippen LogP contribution in [0.5, 0.6) is 0 Å². The van der Waals surface area contributed by atoms with Crippen LogP contribution in [0, 0.1) is 5.41 Å². The second-order valence-corrected chi connectivity index (χ2v) is 15.7. The van der Waals surface area contributed by atoms with E-state index in [1.165, 1.54) is 109 Å². The molecule has 3 rings (SSSR count). The molecule has 2 aromatic carbocycles. The summed E-state index contributed by atoms with van der Waals surface area (Å²) in [5, 5.41) is 4.90. The lowest BCUT2D eigenvalue weighted by molar-refractivity contribution is 0.426. The Balaban J connectivity index is 1.44. The molecule has 0 heterocycles. The molecule has 0 fully saturated rings. The van der Waals surface area contributed by atoms with Crippen molar-refractivity contribution < 1.29 is 0 Å². The van der Waals surface area contributed by atoms with Crippen molar-refractivity contribution in [2.45, 2.75) is 144 Å². The molecule has 0 amide bonds. The molecule has 1 atom stereocenters. The maximum absolute atomic E-state index is 2.58. The fraction of sp³-hybridized carbons (Fsp3) is 0.590. The Morgan fingerprint density at radius 2 is 0.875 bits per heavy atom. The largest absolute Gasteiger partial charge is 0.129 e. The molecule has 40 heavy (non-hydrogen) atoms. The highest BCUT2D eigenvalue weighted by atomic mass is 28.3. The second kappa shape index (κ2) is 17.8. The minimum Gasteiger partial charge on any atom is -0.0654 e. The first-order valence-electron chi connectivity index (χ1n) is 17.0. The van der Waals surface area contributed by atoms with E-state index in [0.717, 1.165) is 0 Å². The zero-order valence-corrected chi connectivity index (χ0v) is 28.0. The lowest BCUT2D eigenvalue weighted by Gasteiger charge is -2.36. The molecule has 1 unspecified atom stereocenters. The molecule has 1 aliphatic rings. The van der Waals surface area contributed by atoms with Gasteiger partial charge in [0.25, 0.3) is 0 Å². The standard InChI is InChI=1S/C39H60Si/c1-6-7-8-9-10-11-12-13-14-15-16-17-18-19-20-27-32-39(5)35(4)33(2)34(3)38(39)40(36-28-23-21-24-29-36)37-30-25-22-26-31-37/h21-26,28-31,40H,6-20,27,32H2,1-5H3. The number of benzene rings is 2. The monoisotopic (exact) mass is 556 g/mol. The molecule has 2 aromatic rings. The Labute approximate surface area is 250 Å². The van der Waals surface area contributed by atoms with E-state index in [9.17, 15) is 0 Å². The van der Waals surface area contributed by atoms with Crippen LogP contribution in [0.1, 0.15) is 144 Å². The third-order valence-corrected chi connectivity index (χ3v) is 13.8. The molecule has 1 aliphatic carbocycles. The zero-order valence-electron chi connectivity index (χ0n) is 26.9. The minimum atomic E-state index is -1.52. The Kier molecular flexibility index (Phi) is 14.6. The number of unbranched alkanes of at least 4 members (excludes halogenated alkanes) is 15. The van der Waals surface area contributed by atoms with E-state index in [1.807, 2.05) is 0 Å². The molecule has 0 saturated carbocycles. The topological polar surface area (TPSA) is 0 Å². The first-order chi connectivity index (χ1) is 19.5. The molecule has 220 valence electrons. The van der Waals surface area contributed by atoms with Gasteiger partial charge < -0.3 is 0 Å². The van der Waals surface area contributed by atoms with Crippen molar-refractivity contribution >= 4 is 19.2 Å². The summed E-state index contributed by atoms with van der Waals surface area (Å²) in [5.41, 5.74) is 4.97. The van der Waals surface area contributed by atoms with Crippen LogP contribution in [0.2, 0.25) is 0 Å². The first-order valence-corrected chi connectivity index (χ1v) is 18.7. The maximum atomic E-state index is 2.58. The summed E-state index contributed by atoms with van der Waals surface area (Å²) in [6.07, 6.45) is 24.2. The lowest BCUT2D eigenvalue weighted by Crippen LogP contribution is -2.48. The van der Waals surface area contributed by atoms with Gasteiger partial charge in [0.15, 0.2) is 0 Å². The van der Waals surface area contributed by atoms with Crippen molar-refractivity contribution in [2.75, 3.05) is 0 Å². The molecule has 0 aromatic heterocycles. The highest BCUT2D eigenvalue weighted by Crippen LogP contribution is 2.50. The van der Waals surface area contributed by atoms with Gasteiger partial charge >= 0.3 is 0 Å². The molecule has 0 spiro atoms. The van der Waals surface area contributed by atoms with Crippen LogP contribution in [0.15, 0.2) is 82.6 Å². The van der Waals surface area contributed by atoms with E-state index in [1.54, 1.807) is 32.3 Å². The number of hydrogen-bond donors (Lipinski definition) is 0. The fourth-order valence-electron chi connectivity index (χ4n) is 7.21. The van der Waals surface area contributed by atoms with Gasteiger partial charge in [-0.25, -0.2) is 0 Å². The molecule has 0 N–H and O–H groups in total. The highest BCUT2D eigenvalue weighted by Gasteiger charge is 2.42. The van der Waals surface area contributed by atoms with Crippen LogP contribution in [-0.4, -0.2) is 8.80 Å². The predicted octanol–water partition coefficient (Wildman–Crippen LogP) is 10.9. The molecule has 0 radical (unpaired) electrons. The van der Waals surface area contributed by atoms with Crippen LogP contribution < -0.4 is 10.4 Å². The summed E-state index contributed by atoms with van der Waals surface area (Å²) >= 11 is 0. The van der Waals surface area contributed by atoms with Gasteiger partial charge in [-0.3, -0.25) is 0 Å². The first kappa shape index (κ1) is 32.6. The van der Waals surface area contributed by atoms with Gasteiger partial charge in [-0.2, -0.15) is 0 Å². The van der Waals surface area contributed by atoms with Crippen molar-refractivity contribution in [1.29, 1.82) is 0 Å². The van der Waals surface area contributed by atoms with Gasteiger partial charge in [0.1, 0.15) is 8.80 Å². The second-order valence-electron chi connectivity index (χ2n) is 12.9. The third kappa shape index (κ3) is 9.33. The molecule has 0 nitrogen and oxygen atoms in total. The van der Waals surface area contributed by atoms with Gasteiger partial charge in [0.05, 0.1) is 0 Å². The van der Waals surface area contributed by atoms with Crippen LogP contribution in [0.25, 0.3) is 0 Å². The van der Waals surface area contributed by atoms with Crippen LogP contribution in [0.3, 0.4) is 0 Å². The van der Waals surface area contributed by atoms with Crippen LogP contribution in [-0.2, 0) is 0 Å². The van der Waals surface area contributed by atoms with E-state index in [4.69, 9.17) is 0 Å². The summed E-state index contributed by atoms with van der Waals surface area (Å²) in [6.45, 7) is 12.1. The molecular formula is C39H60Si. The maximum Gasteiger partial charge on any atom is 0.129 e. The Morgan fingerprint density at radius 3 is 1.27 bits per heavy atom. The summed E-state index contributed by atoms with van der Waals surface area (Å²) in [7, 11) is -1.52. The fourth-order valence-corrected chi connectivity index (χ4v) is 11.1. The summed E-state index contributed by atoms with van der Waals surface area (Å²) in [6, 6.07) is 22.9. The summed E-state index contributed by atoms with van der Waals surface area (Å²) in [5.74, 6) is 0. The predicted molar refractivity (Wildman–Crippen MR) is 183 cm³/mol. The van der Waals surface area contributed by atoms with E-state index >= 15 is 0 Å². The Hall–Kier alpha value is -1.86. The van der Waals surface area contributed by atoms with E-state index in [2.05, 4.69) is 95.3 Å². The molecule has 0 saturated heterocycles. The smallest absolute Gasteiger partial charge is 0.0654 e. The quantitative estimate of drug-likeness (QED) is 0.112. The van der Waals surface area contributed by atoms with Crippen LogP contribution >= 0.6 is 0 Å². The average molecular weight is 557 g/mol. The molecule has 0 bridgehead atoms. The van der Waals surface area contributed by atoms with E-state index < -0.39 is 8.80 Å². The van der Waals surface area contributed by atoms with Crippen molar-refractivity contribution in [3.05, 3.63) is 82.6 Å². The van der Waals surface area contributed by atoms with Crippen molar-refractivity contribution in [3.8, 4) is 0 Å². The zero-order chi connectivity index (χ0) is 28.6. The Bertz CT molecular complexity index is 991. The van der Waals surface area contributed by atoms with Gasteiger partial charge in [0.2, 0.25) is 0 Å². The average Bonchev–Trinajstić information content (AvgIpc) is 3.14. The Morgan fingerprint density at radius 1 is 0.500 bits per heavy atom. The molecular weight excluding hydrogens is 497 g/mol. The highest BCUT2D eigenvalue weighted by molar-refractivity contribution is 6.91. The van der Waals surface area contributed by atoms with Crippen molar-refractivity contribution in [3.63, 3.8) is 0 Å². The number of hydrogen-bond acceptors (Lipinski definition) is 0. The van der Waals surface area contributed by atoms with Gasteiger partial charge in [0, 0.05) is 5.41 Å². The van der Waals surface area contributed by atoms with E-state index in [0.29, 0.717) is 0 Å². The normalized spacial score (nSPS) is 17.4. The molecule has 1 heteroatoms. The van der Waals surface area contributed by atoms with Gasteiger partial charge in [-0.05, 0) is 32.8 Å². The molecule has 0 aliphatic heterocycles.